The number of ether oxygens (including phenoxy) is 1. The van der Waals surface area contributed by atoms with E-state index in [0.29, 0.717) is 28.6 Å². The molecule has 0 radical (unpaired) electrons. The minimum Gasteiger partial charge on any atom is -0.494 e. The summed E-state index contributed by atoms with van der Waals surface area (Å²) in [6.07, 6.45) is 2.05. The van der Waals surface area contributed by atoms with Crippen molar-refractivity contribution in [1.82, 2.24) is 10.2 Å². The van der Waals surface area contributed by atoms with Gasteiger partial charge in [-0.3, -0.25) is 10.1 Å². The van der Waals surface area contributed by atoms with Crippen molar-refractivity contribution in [3.05, 3.63) is 64.9 Å². The molecule has 0 fully saturated rings. The number of thioether (sulfide) groups is 1. The summed E-state index contributed by atoms with van der Waals surface area (Å²) < 4.78 is 12.4. The van der Waals surface area contributed by atoms with Crippen LogP contribution in [0.1, 0.15) is 47.0 Å². The van der Waals surface area contributed by atoms with Gasteiger partial charge in [0.05, 0.1) is 12.2 Å². The number of aryl methyl sites for hydroxylation is 2. The lowest BCUT2D eigenvalue weighted by molar-refractivity contribution is 0.102. The fraction of sp³-hybridized carbons (Fsp3) is 0.292. The minimum atomic E-state index is -0.266. The van der Waals surface area contributed by atoms with E-state index in [2.05, 4.69) is 53.6 Å². The third-order valence-electron chi connectivity index (χ3n) is 4.94. The van der Waals surface area contributed by atoms with Crippen LogP contribution in [-0.4, -0.2) is 22.7 Å². The number of rotatable bonds is 9. The molecule has 2 aromatic carbocycles. The molecule has 166 valence electrons. The largest absolute Gasteiger partial charge is 0.494 e. The van der Waals surface area contributed by atoms with Crippen LogP contribution >= 0.6 is 23.1 Å². The highest BCUT2D eigenvalue weighted by molar-refractivity contribution is 8.00. The number of aromatic nitrogens is 2. The molecule has 0 aliphatic carbocycles. The quantitative estimate of drug-likeness (QED) is 0.169. The number of amides is 1. The topological polar surface area (TPSA) is 77.2 Å². The monoisotopic (exact) mass is 467 g/mol. The number of benzene rings is 2. The molecule has 2 heterocycles. The van der Waals surface area contributed by atoms with E-state index < -0.39 is 0 Å². The number of hydrogen-bond donors (Lipinski definition) is 1. The first-order chi connectivity index (χ1) is 15.5. The van der Waals surface area contributed by atoms with E-state index in [1.807, 2.05) is 18.2 Å². The van der Waals surface area contributed by atoms with E-state index in [1.54, 1.807) is 18.7 Å². The van der Waals surface area contributed by atoms with Crippen molar-refractivity contribution < 1.29 is 13.9 Å². The number of carbonyl (C=O) groups excluding carboxylic acids is 1. The van der Waals surface area contributed by atoms with Crippen LogP contribution in [0.4, 0.5) is 5.13 Å². The maximum Gasteiger partial charge on any atom is 0.261 e. The number of unbranched alkanes of at least 4 members (excludes halogenated alkanes) is 1. The van der Waals surface area contributed by atoms with Crippen molar-refractivity contribution in [2.75, 3.05) is 11.9 Å². The molecule has 0 spiro atoms. The molecule has 4 aromatic rings. The van der Waals surface area contributed by atoms with Crippen molar-refractivity contribution in [3.63, 3.8) is 0 Å². The Kier molecular flexibility index (Phi) is 7.12. The number of fused-ring (bicyclic) bond motifs is 1. The Labute approximate surface area is 195 Å². The summed E-state index contributed by atoms with van der Waals surface area (Å²) in [5.41, 5.74) is 3.60. The standard InChI is InChI=1S/C24H25N3O3S2/c1-4-5-12-29-18-10-11-20-19(13-18)21(16(3)30-20)22(28)25-23-26-27-24(32-23)31-14-17-8-6-15(2)7-9-17/h6-11,13H,4-5,12,14H2,1-3H3,(H,25,26,28). The zero-order valence-corrected chi connectivity index (χ0v) is 19.9. The molecular weight excluding hydrogens is 442 g/mol. The summed E-state index contributed by atoms with van der Waals surface area (Å²) in [4.78, 5) is 13.0. The van der Waals surface area contributed by atoms with Crippen LogP contribution in [0.15, 0.2) is 51.2 Å². The number of nitrogens with zero attached hydrogens (tertiary/aromatic N) is 2. The highest BCUT2D eigenvalue weighted by Gasteiger charge is 2.20. The number of anilines is 1. The van der Waals surface area contributed by atoms with Gasteiger partial charge < -0.3 is 9.15 Å². The van der Waals surface area contributed by atoms with E-state index in [-0.39, 0.29) is 5.91 Å². The molecule has 0 unspecified atom stereocenters. The van der Waals surface area contributed by atoms with Crippen molar-refractivity contribution in [3.8, 4) is 5.75 Å². The average molecular weight is 468 g/mol. The summed E-state index contributed by atoms with van der Waals surface area (Å²) in [5, 5.41) is 12.4. The zero-order valence-electron chi connectivity index (χ0n) is 18.3. The molecule has 0 atom stereocenters. The van der Waals surface area contributed by atoms with Gasteiger partial charge in [0.1, 0.15) is 17.1 Å². The van der Waals surface area contributed by atoms with Gasteiger partial charge in [-0.25, -0.2) is 0 Å². The Morgan fingerprint density at radius 1 is 1.16 bits per heavy atom. The van der Waals surface area contributed by atoms with Crippen molar-refractivity contribution in [2.24, 2.45) is 0 Å². The molecule has 4 rings (SSSR count). The number of carbonyl (C=O) groups is 1. The third-order valence-corrected chi connectivity index (χ3v) is 6.98. The van der Waals surface area contributed by atoms with Gasteiger partial charge in [0, 0.05) is 11.1 Å². The van der Waals surface area contributed by atoms with Crippen LogP contribution in [0.3, 0.4) is 0 Å². The van der Waals surface area contributed by atoms with Crippen LogP contribution in [-0.2, 0) is 5.75 Å². The predicted molar refractivity (Wildman–Crippen MR) is 130 cm³/mol. The van der Waals surface area contributed by atoms with Crippen molar-refractivity contribution in [2.45, 2.75) is 43.7 Å². The highest BCUT2D eigenvalue weighted by atomic mass is 32.2. The Morgan fingerprint density at radius 2 is 1.97 bits per heavy atom. The van der Waals surface area contributed by atoms with Crippen LogP contribution in [0.5, 0.6) is 5.75 Å². The first-order valence-corrected chi connectivity index (χ1v) is 12.3. The van der Waals surface area contributed by atoms with Gasteiger partial charge in [0.25, 0.3) is 5.91 Å². The fourth-order valence-corrected chi connectivity index (χ4v) is 4.92. The van der Waals surface area contributed by atoms with Gasteiger partial charge in [0.2, 0.25) is 5.13 Å². The van der Waals surface area contributed by atoms with E-state index in [9.17, 15) is 4.79 Å². The number of furan rings is 1. The zero-order chi connectivity index (χ0) is 22.5. The summed E-state index contributed by atoms with van der Waals surface area (Å²) in [6, 6.07) is 14.0. The first kappa shape index (κ1) is 22.4. The molecule has 32 heavy (non-hydrogen) atoms. The maximum absolute atomic E-state index is 13.0. The molecule has 0 bridgehead atoms. The molecule has 1 amide bonds. The normalized spacial score (nSPS) is 11.1. The lowest BCUT2D eigenvalue weighted by atomic mass is 10.1. The molecule has 2 aromatic heterocycles. The van der Waals surface area contributed by atoms with Gasteiger partial charge >= 0.3 is 0 Å². The van der Waals surface area contributed by atoms with Crippen molar-refractivity contribution >= 4 is 45.1 Å². The van der Waals surface area contributed by atoms with E-state index in [1.165, 1.54) is 22.5 Å². The van der Waals surface area contributed by atoms with E-state index in [4.69, 9.17) is 9.15 Å². The molecule has 6 nitrogen and oxygen atoms in total. The molecular formula is C24H25N3O3S2. The molecule has 0 saturated heterocycles. The van der Waals surface area contributed by atoms with Crippen LogP contribution < -0.4 is 10.1 Å². The van der Waals surface area contributed by atoms with Crippen LogP contribution in [0.25, 0.3) is 11.0 Å². The molecule has 0 aliphatic heterocycles. The van der Waals surface area contributed by atoms with Gasteiger partial charge in [-0.2, -0.15) is 0 Å². The average Bonchev–Trinajstić information content (AvgIpc) is 3.36. The fourth-order valence-electron chi connectivity index (χ4n) is 3.21. The predicted octanol–water partition coefficient (Wildman–Crippen LogP) is 6.62. The van der Waals surface area contributed by atoms with Gasteiger partial charge in [-0.15, -0.1) is 10.2 Å². The number of nitrogens with one attached hydrogen (secondary N) is 1. The number of hydrogen-bond acceptors (Lipinski definition) is 7. The van der Waals surface area contributed by atoms with Gasteiger partial charge in [-0.05, 0) is 44.0 Å². The highest BCUT2D eigenvalue weighted by Crippen LogP contribution is 2.32. The maximum atomic E-state index is 13.0. The Balaban J connectivity index is 1.44. The third kappa shape index (κ3) is 5.31. The lowest BCUT2D eigenvalue weighted by Crippen LogP contribution is -2.12. The lowest BCUT2D eigenvalue weighted by Gasteiger charge is -2.05. The summed E-state index contributed by atoms with van der Waals surface area (Å²) in [5.74, 6) is 1.82. The summed E-state index contributed by atoms with van der Waals surface area (Å²) in [6.45, 7) is 6.62. The second-order valence-corrected chi connectivity index (χ2v) is 9.69. The van der Waals surface area contributed by atoms with E-state index >= 15 is 0 Å². The molecule has 1 N–H and O–H groups in total. The second-order valence-electron chi connectivity index (χ2n) is 7.49. The first-order valence-electron chi connectivity index (χ1n) is 10.5. The van der Waals surface area contributed by atoms with Crippen LogP contribution in [0.2, 0.25) is 0 Å². The van der Waals surface area contributed by atoms with Crippen molar-refractivity contribution in [1.29, 1.82) is 0 Å². The SMILES string of the molecule is CCCCOc1ccc2oc(C)c(C(=O)Nc3nnc(SCc4ccc(C)cc4)s3)c2c1. The Morgan fingerprint density at radius 3 is 2.75 bits per heavy atom. The van der Waals surface area contributed by atoms with Gasteiger partial charge in [-0.1, -0.05) is 66.3 Å². The van der Waals surface area contributed by atoms with Gasteiger partial charge in [0.15, 0.2) is 4.34 Å². The Hall–Kier alpha value is -2.84. The molecule has 0 aliphatic rings. The van der Waals surface area contributed by atoms with E-state index in [0.717, 1.165) is 34.1 Å². The smallest absolute Gasteiger partial charge is 0.261 e. The second kappa shape index (κ2) is 10.2. The summed E-state index contributed by atoms with van der Waals surface area (Å²) >= 11 is 2.96. The minimum absolute atomic E-state index is 0.266. The Bertz CT molecular complexity index is 1220. The van der Waals surface area contributed by atoms with Crippen LogP contribution in [0, 0.1) is 13.8 Å². The molecule has 8 heteroatoms. The summed E-state index contributed by atoms with van der Waals surface area (Å²) in [7, 11) is 0. The molecule has 0 saturated carbocycles.